The van der Waals surface area contributed by atoms with E-state index in [9.17, 15) is 4.79 Å². The normalized spacial score (nSPS) is 24.7. The van der Waals surface area contributed by atoms with E-state index < -0.39 is 0 Å². The molecule has 74 valence electrons. The summed E-state index contributed by atoms with van der Waals surface area (Å²) in [6.45, 7) is 4.22. The van der Waals surface area contributed by atoms with E-state index >= 15 is 0 Å². The standard InChI is InChI=1S/C13H16O/c1-9-5-3-4-6-11(9)8-13(14)12-7-10(12)2/h3-6,10,12H,7-8H2,1-2H3. The maximum atomic E-state index is 11.7. The number of rotatable bonds is 3. The van der Waals surface area contributed by atoms with Gasteiger partial charge in [0.25, 0.3) is 0 Å². The van der Waals surface area contributed by atoms with Gasteiger partial charge in [0.1, 0.15) is 5.78 Å². The molecule has 0 aromatic heterocycles. The summed E-state index contributed by atoms with van der Waals surface area (Å²) in [7, 11) is 0. The lowest BCUT2D eigenvalue weighted by Crippen LogP contribution is -2.07. The van der Waals surface area contributed by atoms with Gasteiger partial charge in [-0.05, 0) is 30.4 Å². The van der Waals surface area contributed by atoms with Crippen molar-refractivity contribution in [2.24, 2.45) is 11.8 Å². The molecule has 1 fully saturated rings. The third-order valence-corrected chi connectivity index (χ3v) is 3.15. The van der Waals surface area contributed by atoms with Gasteiger partial charge in [0.15, 0.2) is 0 Å². The van der Waals surface area contributed by atoms with E-state index in [1.54, 1.807) is 0 Å². The van der Waals surface area contributed by atoms with Crippen molar-refractivity contribution in [1.82, 2.24) is 0 Å². The van der Waals surface area contributed by atoms with Crippen molar-refractivity contribution < 1.29 is 4.79 Å². The molecule has 14 heavy (non-hydrogen) atoms. The quantitative estimate of drug-likeness (QED) is 0.712. The van der Waals surface area contributed by atoms with Crippen molar-refractivity contribution in [3.05, 3.63) is 35.4 Å². The zero-order chi connectivity index (χ0) is 10.1. The number of ketones is 1. The lowest BCUT2D eigenvalue weighted by Gasteiger charge is -2.03. The summed E-state index contributed by atoms with van der Waals surface area (Å²) in [5.74, 6) is 1.41. The van der Waals surface area contributed by atoms with Crippen LogP contribution in [0.25, 0.3) is 0 Å². The van der Waals surface area contributed by atoms with Crippen LogP contribution in [-0.4, -0.2) is 5.78 Å². The Balaban J connectivity index is 2.04. The van der Waals surface area contributed by atoms with Gasteiger partial charge in [0.05, 0.1) is 0 Å². The van der Waals surface area contributed by atoms with Crippen molar-refractivity contribution in [1.29, 1.82) is 0 Å². The first-order valence-corrected chi connectivity index (χ1v) is 5.25. The maximum Gasteiger partial charge on any atom is 0.140 e. The second kappa shape index (κ2) is 3.56. The highest BCUT2D eigenvalue weighted by Crippen LogP contribution is 2.39. The summed E-state index contributed by atoms with van der Waals surface area (Å²) in [4.78, 5) is 11.7. The average Bonchev–Trinajstić information content (AvgIpc) is 2.87. The Morgan fingerprint density at radius 3 is 2.64 bits per heavy atom. The summed E-state index contributed by atoms with van der Waals surface area (Å²) in [5, 5.41) is 0. The molecule has 0 heterocycles. The number of aryl methyl sites for hydroxylation is 1. The second-order valence-corrected chi connectivity index (χ2v) is 4.39. The van der Waals surface area contributed by atoms with E-state index in [2.05, 4.69) is 26.0 Å². The van der Waals surface area contributed by atoms with E-state index in [1.165, 1.54) is 11.1 Å². The summed E-state index contributed by atoms with van der Waals surface area (Å²) in [6, 6.07) is 8.15. The molecule has 2 atom stereocenters. The fourth-order valence-electron chi connectivity index (χ4n) is 1.90. The highest BCUT2D eigenvalue weighted by atomic mass is 16.1. The van der Waals surface area contributed by atoms with E-state index in [4.69, 9.17) is 0 Å². The van der Waals surface area contributed by atoms with Gasteiger partial charge < -0.3 is 0 Å². The smallest absolute Gasteiger partial charge is 0.140 e. The van der Waals surface area contributed by atoms with Gasteiger partial charge in [-0.15, -0.1) is 0 Å². The van der Waals surface area contributed by atoms with Gasteiger partial charge in [-0.3, -0.25) is 4.79 Å². The molecule has 0 spiro atoms. The second-order valence-electron chi connectivity index (χ2n) is 4.39. The van der Waals surface area contributed by atoms with Crippen molar-refractivity contribution in [3.8, 4) is 0 Å². The van der Waals surface area contributed by atoms with Crippen LogP contribution in [0.4, 0.5) is 0 Å². The summed E-state index contributed by atoms with van der Waals surface area (Å²) >= 11 is 0. The van der Waals surface area contributed by atoms with Crippen LogP contribution < -0.4 is 0 Å². The Bertz CT molecular complexity index is 354. The maximum absolute atomic E-state index is 11.7. The molecule has 1 aliphatic carbocycles. The van der Waals surface area contributed by atoms with Crippen LogP contribution in [0.3, 0.4) is 0 Å². The van der Waals surface area contributed by atoms with Crippen LogP contribution in [0.1, 0.15) is 24.5 Å². The Morgan fingerprint density at radius 1 is 1.43 bits per heavy atom. The van der Waals surface area contributed by atoms with Gasteiger partial charge in [-0.1, -0.05) is 31.2 Å². The largest absolute Gasteiger partial charge is 0.299 e. The molecule has 0 aliphatic heterocycles. The predicted octanol–water partition coefficient (Wildman–Crippen LogP) is 2.76. The molecule has 0 N–H and O–H groups in total. The Morgan fingerprint density at radius 2 is 2.07 bits per heavy atom. The van der Waals surface area contributed by atoms with Crippen LogP contribution in [0.5, 0.6) is 0 Å². The molecule has 1 aromatic carbocycles. The van der Waals surface area contributed by atoms with Gasteiger partial charge in [0, 0.05) is 12.3 Å². The summed E-state index contributed by atoms with van der Waals surface area (Å²) in [6.07, 6.45) is 1.73. The zero-order valence-electron chi connectivity index (χ0n) is 8.79. The Labute approximate surface area is 85.1 Å². The third kappa shape index (κ3) is 1.87. The minimum atomic E-state index is 0.356. The van der Waals surface area contributed by atoms with Crippen molar-refractivity contribution in [3.63, 3.8) is 0 Å². The third-order valence-electron chi connectivity index (χ3n) is 3.15. The van der Waals surface area contributed by atoms with Crippen LogP contribution >= 0.6 is 0 Å². The minimum Gasteiger partial charge on any atom is -0.299 e. The van der Waals surface area contributed by atoms with Gasteiger partial charge in [-0.2, -0.15) is 0 Å². The number of hydrogen-bond acceptors (Lipinski definition) is 1. The molecule has 1 aromatic rings. The first-order valence-electron chi connectivity index (χ1n) is 5.25. The highest BCUT2D eigenvalue weighted by Gasteiger charge is 2.38. The predicted molar refractivity (Wildman–Crippen MR) is 57.2 cm³/mol. The fourth-order valence-corrected chi connectivity index (χ4v) is 1.90. The van der Waals surface area contributed by atoms with Crippen LogP contribution in [0.2, 0.25) is 0 Å². The van der Waals surface area contributed by atoms with Gasteiger partial charge >= 0.3 is 0 Å². The Kier molecular flexibility index (Phi) is 2.40. The molecule has 2 unspecified atom stereocenters. The van der Waals surface area contributed by atoms with Crippen molar-refractivity contribution in [2.75, 3.05) is 0 Å². The number of hydrogen-bond donors (Lipinski definition) is 0. The molecular formula is C13H16O. The van der Waals surface area contributed by atoms with E-state index in [0.29, 0.717) is 24.0 Å². The number of benzene rings is 1. The first kappa shape index (κ1) is 9.45. The molecule has 0 amide bonds. The summed E-state index contributed by atoms with van der Waals surface area (Å²) < 4.78 is 0. The molecule has 0 bridgehead atoms. The molecule has 2 rings (SSSR count). The number of carbonyl (C=O) groups excluding carboxylic acids is 1. The number of Topliss-reactive ketones (excluding diaryl/α,β-unsaturated/α-hetero) is 1. The SMILES string of the molecule is Cc1ccccc1CC(=O)C1CC1C. The van der Waals surface area contributed by atoms with Crippen LogP contribution in [0.15, 0.2) is 24.3 Å². The van der Waals surface area contributed by atoms with Crippen LogP contribution in [-0.2, 0) is 11.2 Å². The topological polar surface area (TPSA) is 17.1 Å². The van der Waals surface area contributed by atoms with Crippen molar-refractivity contribution in [2.45, 2.75) is 26.7 Å². The van der Waals surface area contributed by atoms with E-state index in [0.717, 1.165) is 6.42 Å². The minimum absolute atomic E-state index is 0.356. The van der Waals surface area contributed by atoms with E-state index in [-0.39, 0.29) is 0 Å². The Hall–Kier alpha value is -1.11. The molecule has 1 aliphatic rings. The average molecular weight is 188 g/mol. The van der Waals surface area contributed by atoms with Crippen molar-refractivity contribution >= 4 is 5.78 Å². The highest BCUT2D eigenvalue weighted by molar-refractivity contribution is 5.85. The first-order chi connectivity index (χ1) is 6.68. The molecular weight excluding hydrogens is 172 g/mol. The molecule has 1 heteroatoms. The van der Waals surface area contributed by atoms with Gasteiger partial charge in [0.2, 0.25) is 0 Å². The number of carbonyl (C=O) groups is 1. The zero-order valence-corrected chi connectivity index (χ0v) is 8.79. The van der Waals surface area contributed by atoms with Gasteiger partial charge in [-0.25, -0.2) is 0 Å². The fraction of sp³-hybridized carbons (Fsp3) is 0.462. The summed E-state index contributed by atoms with van der Waals surface area (Å²) in [5.41, 5.74) is 2.42. The van der Waals surface area contributed by atoms with E-state index in [1.807, 2.05) is 12.1 Å². The lowest BCUT2D eigenvalue weighted by molar-refractivity contribution is -0.119. The monoisotopic (exact) mass is 188 g/mol. The molecule has 1 saturated carbocycles. The molecule has 0 saturated heterocycles. The molecule has 1 nitrogen and oxygen atoms in total. The van der Waals surface area contributed by atoms with Crippen LogP contribution in [0, 0.1) is 18.8 Å². The lowest BCUT2D eigenvalue weighted by atomic mass is 10.0. The molecule has 0 radical (unpaired) electrons.